The number of nitrogens with one attached hydrogen (secondary N) is 2. The van der Waals surface area contributed by atoms with Gasteiger partial charge in [-0.1, -0.05) is 6.92 Å². The minimum Gasteiger partial charge on any atom is -0.355 e. The average molecular weight is 276 g/mol. The van der Waals surface area contributed by atoms with Gasteiger partial charge < -0.3 is 10.6 Å². The lowest BCUT2D eigenvalue weighted by atomic mass is 9.97. The maximum Gasteiger partial charge on any atom is 0.223 e. The second-order valence-electron chi connectivity index (χ2n) is 5.18. The molecule has 2 rings (SSSR count). The van der Waals surface area contributed by atoms with Crippen molar-refractivity contribution in [1.29, 1.82) is 0 Å². The minimum atomic E-state index is 0. The first-order chi connectivity index (χ1) is 8.31. The van der Waals surface area contributed by atoms with E-state index in [1.807, 2.05) is 0 Å². The van der Waals surface area contributed by atoms with Gasteiger partial charge in [-0.15, -0.1) is 12.4 Å². The lowest BCUT2D eigenvalue weighted by molar-refractivity contribution is -0.125. The lowest BCUT2D eigenvalue weighted by Gasteiger charge is -2.23. The number of hydrogen-bond acceptors (Lipinski definition) is 3. The van der Waals surface area contributed by atoms with Gasteiger partial charge in [0.05, 0.1) is 0 Å². The van der Waals surface area contributed by atoms with Crippen LogP contribution in [0.3, 0.4) is 0 Å². The van der Waals surface area contributed by atoms with Crippen molar-refractivity contribution in [2.24, 2.45) is 5.92 Å². The summed E-state index contributed by atoms with van der Waals surface area (Å²) in [6.45, 7) is 7.11. The van der Waals surface area contributed by atoms with Crippen molar-refractivity contribution in [3.8, 4) is 0 Å². The van der Waals surface area contributed by atoms with Crippen molar-refractivity contribution >= 4 is 18.3 Å². The van der Waals surface area contributed by atoms with Crippen molar-refractivity contribution in [1.82, 2.24) is 15.5 Å². The summed E-state index contributed by atoms with van der Waals surface area (Å²) >= 11 is 0. The molecule has 0 bridgehead atoms. The van der Waals surface area contributed by atoms with E-state index in [2.05, 4.69) is 22.5 Å². The van der Waals surface area contributed by atoms with E-state index < -0.39 is 0 Å². The van der Waals surface area contributed by atoms with Gasteiger partial charge in [0.25, 0.3) is 0 Å². The molecule has 0 aromatic carbocycles. The standard InChI is InChI=1S/C13H25N3O.ClH/c1-2-16(12-3-4-12)10-9-15-13(17)11-5-7-14-8-6-11;/h11-12,14H,2-10H2,1H3,(H,15,17);1H. The van der Waals surface area contributed by atoms with Gasteiger partial charge in [0.2, 0.25) is 5.91 Å². The van der Waals surface area contributed by atoms with Gasteiger partial charge in [-0.3, -0.25) is 9.69 Å². The molecule has 1 heterocycles. The third kappa shape index (κ3) is 4.75. The van der Waals surface area contributed by atoms with Crippen LogP contribution in [0.1, 0.15) is 32.6 Å². The lowest BCUT2D eigenvalue weighted by Crippen LogP contribution is -2.41. The molecule has 0 aromatic rings. The van der Waals surface area contributed by atoms with Crippen LogP contribution >= 0.6 is 12.4 Å². The van der Waals surface area contributed by atoms with Crippen LogP contribution in [-0.4, -0.2) is 49.6 Å². The summed E-state index contributed by atoms with van der Waals surface area (Å²) in [4.78, 5) is 14.4. The summed E-state index contributed by atoms with van der Waals surface area (Å²) in [7, 11) is 0. The van der Waals surface area contributed by atoms with Crippen molar-refractivity contribution in [3.63, 3.8) is 0 Å². The molecule has 1 aliphatic heterocycles. The number of halogens is 1. The van der Waals surface area contributed by atoms with Crippen LogP contribution in [0, 0.1) is 5.92 Å². The van der Waals surface area contributed by atoms with E-state index >= 15 is 0 Å². The SMILES string of the molecule is CCN(CCNC(=O)C1CCNCC1)C1CC1.Cl. The molecular formula is C13H26ClN3O. The highest BCUT2D eigenvalue weighted by Crippen LogP contribution is 2.25. The first-order valence-electron chi connectivity index (χ1n) is 7.03. The third-order valence-electron chi connectivity index (χ3n) is 3.88. The fraction of sp³-hybridized carbons (Fsp3) is 0.923. The normalized spacial score (nSPS) is 20.6. The first kappa shape index (κ1) is 15.7. The second kappa shape index (κ2) is 7.97. The number of rotatable bonds is 6. The van der Waals surface area contributed by atoms with Gasteiger partial charge in [-0.2, -0.15) is 0 Å². The van der Waals surface area contributed by atoms with E-state index in [4.69, 9.17) is 0 Å². The number of carbonyl (C=O) groups excluding carboxylic acids is 1. The summed E-state index contributed by atoms with van der Waals surface area (Å²) in [6, 6.07) is 0.802. The predicted octanol–water partition coefficient (Wildman–Crippen LogP) is 1.01. The molecule has 0 unspecified atom stereocenters. The molecule has 18 heavy (non-hydrogen) atoms. The van der Waals surface area contributed by atoms with Gasteiger partial charge in [-0.25, -0.2) is 0 Å². The molecule has 0 spiro atoms. The van der Waals surface area contributed by atoms with Crippen LogP contribution in [0.4, 0.5) is 0 Å². The molecule has 1 aliphatic carbocycles. The van der Waals surface area contributed by atoms with E-state index in [0.29, 0.717) is 0 Å². The smallest absolute Gasteiger partial charge is 0.223 e. The molecule has 2 fully saturated rings. The van der Waals surface area contributed by atoms with Crippen molar-refractivity contribution in [3.05, 3.63) is 0 Å². The Balaban J connectivity index is 0.00000162. The van der Waals surface area contributed by atoms with Crippen LogP contribution < -0.4 is 10.6 Å². The zero-order chi connectivity index (χ0) is 12.1. The summed E-state index contributed by atoms with van der Waals surface area (Å²) in [6.07, 6.45) is 4.67. The van der Waals surface area contributed by atoms with Gasteiger partial charge >= 0.3 is 0 Å². The van der Waals surface area contributed by atoms with Gasteiger partial charge in [0.15, 0.2) is 0 Å². The maximum atomic E-state index is 11.9. The maximum absolute atomic E-state index is 11.9. The molecule has 0 radical (unpaired) electrons. The number of amides is 1. The number of likely N-dealkylation sites (N-methyl/N-ethyl adjacent to an activating group) is 1. The molecule has 2 N–H and O–H groups in total. The fourth-order valence-corrected chi connectivity index (χ4v) is 2.59. The Morgan fingerprint density at radius 3 is 2.50 bits per heavy atom. The zero-order valence-corrected chi connectivity index (χ0v) is 12.1. The molecule has 0 aromatic heterocycles. The Bertz CT molecular complexity index is 253. The van der Waals surface area contributed by atoms with Gasteiger partial charge in [0.1, 0.15) is 0 Å². The topological polar surface area (TPSA) is 44.4 Å². The Hall–Kier alpha value is -0.320. The highest BCUT2D eigenvalue weighted by molar-refractivity contribution is 5.85. The van der Waals surface area contributed by atoms with E-state index in [0.717, 1.165) is 51.6 Å². The van der Waals surface area contributed by atoms with Crippen LogP contribution in [-0.2, 0) is 4.79 Å². The molecule has 2 aliphatic rings. The Labute approximate surface area is 116 Å². The van der Waals surface area contributed by atoms with Gasteiger partial charge in [0, 0.05) is 25.0 Å². The average Bonchev–Trinajstić information content (AvgIpc) is 3.20. The highest BCUT2D eigenvalue weighted by Gasteiger charge is 2.27. The summed E-state index contributed by atoms with van der Waals surface area (Å²) in [5, 5.41) is 6.38. The number of piperidine rings is 1. The molecule has 1 saturated carbocycles. The first-order valence-corrected chi connectivity index (χ1v) is 7.03. The van der Waals surface area contributed by atoms with Crippen LogP contribution in [0.25, 0.3) is 0 Å². The van der Waals surface area contributed by atoms with E-state index in [1.54, 1.807) is 0 Å². The van der Waals surface area contributed by atoms with Crippen molar-refractivity contribution in [2.75, 3.05) is 32.7 Å². The number of carbonyl (C=O) groups is 1. The molecule has 106 valence electrons. The summed E-state index contributed by atoms with van der Waals surface area (Å²) < 4.78 is 0. The number of hydrogen-bond donors (Lipinski definition) is 2. The molecule has 1 amide bonds. The zero-order valence-electron chi connectivity index (χ0n) is 11.3. The quantitative estimate of drug-likeness (QED) is 0.760. The van der Waals surface area contributed by atoms with Gasteiger partial charge in [-0.05, 0) is 45.3 Å². The largest absolute Gasteiger partial charge is 0.355 e. The summed E-state index contributed by atoms with van der Waals surface area (Å²) in [5.74, 6) is 0.505. The number of nitrogens with zero attached hydrogens (tertiary/aromatic N) is 1. The van der Waals surface area contributed by atoms with E-state index in [-0.39, 0.29) is 24.2 Å². The van der Waals surface area contributed by atoms with Crippen LogP contribution in [0.5, 0.6) is 0 Å². The molecule has 1 saturated heterocycles. The van der Waals surface area contributed by atoms with E-state index in [1.165, 1.54) is 12.8 Å². The van der Waals surface area contributed by atoms with Crippen LogP contribution in [0.15, 0.2) is 0 Å². The van der Waals surface area contributed by atoms with Crippen molar-refractivity contribution in [2.45, 2.75) is 38.6 Å². The third-order valence-corrected chi connectivity index (χ3v) is 3.88. The Morgan fingerprint density at radius 1 is 1.28 bits per heavy atom. The Morgan fingerprint density at radius 2 is 1.94 bits per heavy atom. The molecule has 4 nitrogen and oxygen atoms in total. The molecule has 0 atom stereocenters. The fourth-order valence-electron chi connectivity index (χ4n) is 2.59. The molecular weight excluding hydrogens is 250 g/mol. The van der Waals surface area contributed by atoms with Crippen LogP contribution in [0.2, 0.25) is 0 Å². The Kier molecular flexibility index (Phi) is 6.97. The second-order valence-corrected chi connectivity index (χ2v) is 5.18. The predicted molar refractivity (Wildman–Crippen MR) is 76.1 cm³/mol. The minimum absolute atomic E-state index is 0. The summed E-state index contributed by atoms with van der Waals surface area (Å²) in [5.41, 5.74) is 0. The van der Waals surface area contributed by atoms with Crippen molar-refractivity contribution < 1.29 is 4.79 Å². The molecule has 5 heteroatoms. The monoisotopic (exact) mass is 275 g/mol. The van der Waals surface area contributed by atoms with E-state index in [9.17, 15) is 4.79 Å². The highest BCUT2D eigenvalue weighted by atomic mass is 35.5.